The average Bonchev–Trinajstić information content (AvgIpc) is 2.05. The summed E-state index contributed by atoms with van der Waals surface area (Å²) in [5.41, 5.74) is 0. The van der Waals surface area contributed by atoms with Crippen LogP contribution in [-0.2, 0) is 9.84 Å². The Balaban J connectivity index is 2.75. The lowest BCUT2D eigenvalue weighted by molar-refractivity contribution is 0.124. The van der Waals surface area contributed by atoms with Gasteiger partial charge in [-0.2, -0.15) is 0 Å². The summed E-state index contributed by atoms with van der Waals surface area (Å²) in [4.78, 5) is 0. The van der Waals surface area contributed by atoms with Crippen LogP contribution in [0.4, 0.5) is 0 Å². The van der Waals surface area contributed by atoms with E-state index in [-0.39, 0.29) is 23.3 Å². The molecule has 66 valence electrons. The Morgan fingerprint density at radius 1 is 1.36 bits per heavy atom. The number of hydrogen-bond acceptors (Lipinski definition) is 3. The third kappa shape index (κ3) is 1.93. The van der Waals surface area contributed by atoms with Crippen molar-refractivity contribution in [2.24, 2.45) is 11.8 Å². The van der Waals surface area contributed by atoms with Crippen molar-refractivity contribution in [1.29, 1.82) is 0 Å². The fourth-order valence-electron chi connectivity index (χ4n) is 1.49. The standard InChI is InChI=1S/C7H14O3S/c1-5(2)6-3-11(9,10)4-7(6)8/h5-8H,3-4H2,1-2H3/t6-,7+/m0/s1. The van der Waals surface area contributed by atoms with Crippen molar-refractivity contribution < 1.29 is 13.5 Å². The van der Waals surface area contributed by atoms with Crippen molar-refractivity contribution in [3.05, 3.63) is 0 Å². The van der Waals surface area contributed by atoms with Crippen molar-refractivity contribution >= 4 is 9.84 Å². The summed E-state index contributed by atoms with van der Waals surface area (Å²) in [7, 11) is -2.94. The van der Waals surface area contributed by atoms with Gasteiger partial charge in [-0.15, -0.1) is 0 Å². The summed E-state index contributed by atoms with van der Waals surface area (Å²) in [6, 6.07) is 0. The molecule has 0 saturated carbocycles. The Kier molecular flexibility index (Phi) is 2.25. The molecule has 0 aromatic carbocycles. The van der Waals surface area contributed by atoms with E-state index >= 15 is 0 Å². The molecule has 1 aliphatic rings. The molecular formula is C7H14O3S. The molecule has 1 fully saturated rings. The van der Waals surface area contributed by atoms with E-state index in [1.54, 1.807) is 0 Å². The monoisotopic (exact) mass is 178 g/mol. The largest absolute Gasteiger partial charge is 0.392 e. The summed E-state index contributed by atoms with van der Waals surface area (Å²) in [6.07, 6.45) is -0.639. The zero-order chi connectivity index (χ0) is 8.65. The van der Waals surface area contributed by atoms with E-state index in [4.69, 9.17) is 0 Å². The van der Waals surface area contributed by atoms with Crippen LogP contribution in [0.2, 0.25) is 0 Å². The summed E-state index contributed by atoms with van der Waals surface area (Å²) in [6.45, 7) is 3.88. The molecule has 0 amide bonds. The lowest BCUT2D eigenvalue weighted by atomic mass is 9.93. The lowest BCUT2D eigenvalue weighted by Crippen LogP contribution is -2.22. The van der Waals surface area contributed by atoms with Gasteiger partial charge in [0.2, 0.25) is 0 Å². The quantitative estimate of drug-likeness (QED) is 0.617. The van der Waals surface area contributed by atoms with Gasteiger partial charge >= 0.3 is 0 Å². The Morgan fingerprint density at radius 3 is 2.09 bits per heavy atom. The van der Waals surface area contributed by atoms with E-state index in [1.807, 2.05) is 13.8 Å². The second-order valence-corrected chi connectivity index (χ2v) is 5.71. The Hall–Kier alpha value is -0.0900. The van der Waals surface area contributed by atoms with Crippen LogP contribution in [0.5, 0.6) is 0 Å². The van der Waals surface area contributed by atoms with Gasteiger partial charge in [-0.3, -0.25) is 0 Å². The van der Waals surface area contributed by atoms with Gasteiger partial charge < -0.3 is 5.11 Å². The van der Waals surface area contributed by atoms with E-state index < -0.39 is 15.9 Å². The lowest BCUT2D eigenvalue weighted by Gasteiger charge is -2.15. The summed E-state index contributed by atoms with van der Waals surface area (Å²) >= 11 is 0. The second-order valence-electron chi connectivity index (χ2n) is 3.55. The number of sulfone groups is 1. The highest BCUT2D eigenvalue weighted by molar-refractivity contribution is 7.91. The van der Waals surface area contributed by atoms with E-state index in [1.165, 1.54) is 0 Å². The molecule has 11 heavy (non-hydrogen) atoms. The zero-order valence-corrected chi connectivity index (χ0v) is 7.63. The van der Waals surface area contributed by atoms with Gasteiger partial charge in [0.15, 0.2) is 9.84 Å². The van der Waals surface area contributed by atoms with Gasteiger partial charge in [-0.1, -0.05) is 13.8 Å². The molecule has 0 unspecified atom stereocenters. The highest BCUT2D eigenvalue weighted by atomic mass is 32.2. The van der Waals surface area contributed by atoms with Crippen LogP contribution in [0.25, 0.3) is 0 Å². The number of rotatable bonds is 1. The molecule has 0 spiro atoms. The molecule has 1 aliphatic heterocycles. The molecule has 3 nitrogen and oxygen atoms in total. The molecule has 4 heteroatoms. The third-order valence-corrected chi connectivity index (χ3v) is 3.96. The Bertz CT molecular complexity index is 230. The molecule has 1 N–H and O–H groups in total. The van der Waals surface area contributed by atoms with Crippen LogP contribution in [-0.4, -0.2) is 31.1 Å². The fourth-order valence-corrected chi connectivity index (χ4v) is 3.59. The first-order valence-corrected chi connectivity index (χ1v) is 5.63. The summed E-state index contributed by atoms with van der Waals surface area (Å²) in [5, 5.41) is 9.32. The minimum Gasteiger partial charge on any atom is -0.392 e. The molecule has 1 saturated heterocycles. The van der Waals surface area contributed by atoms with Gasteiger partial charge in [-0.05, 0) is 5.92 Å². The van der Waals surface area contributed by atoms with E-state index in [2.05, 4.69) is 0 Å². The number of aliphatic hydroxyl groups excluding tert-OH is 1. The van der Waals surface area contributed by atoms with Gasteiger partial charge in [-0.25, -0.2) is 8.42 Å². The molecular weight excluding hydrogens is 164 g/mol. The van der Waals surface area contributed by atoms with Crippen LogP contribution < -0.4 is 0 Å². The highest BCUT2D eigenvalue weighted by Gasteiger charge is 2.37. The maximum atomic E-state index is 11.0. The van der Waals surface area contributed by atoms with E-state index in [0.29, 0.717) is 0 Å². The SMILES string of the molecule is CC(C)[C@@H]1CS(=O)(=O)C[C@H]1O. The van der Waals surface area contributed by atoms with Crippen molar-refractivity contribution in [2.75, 3.05) is 11.5 Å². The van der Waals surface area contributed by atoms with Crippen LogP contribution in [0.15, 0.2) is 0 Å². The molecule has 0 bridgehead atoms. The van der Waals surface area contributed by atoms with Crippen molar-refractivity contribution in [3.8, 4) is 0 Å². The number of aliphatic hydroxyl groups is 1. The normalized spacial score (nSPS) is 36.4. The molecule has 1 heterocycles. The Morgan fingerprint density at radius 2 is 1.91 bits per heavy atom. The third-order valence-electron chi connectivity index (χ3n) is 2.22. The van der Waals surface area contributed by atoms with E-state index in [9.17, 15) is 13.5 Å². The minimum atomic E-state index is -2.94. The highest BCUT2D eigenvalue weighted by Crippen LogP contribution is 2.25. The van der Waals surface area contributed by atoms with Gasteiger partial charge in [0.1, 0.15) is 0 Å². The summed E-state index contributed by atoms with van der Waals surface area (Å²) < 4.78 is 22.0. The van der Waals surface area contributed by atoms with Crippen LogP contribution >= 0.6 is 0 Å². The molecule has 0 aromatic rings. The molecule has 0 aromatic heterocycles. The maximum Gasteiger partial charge on any atom is 0.153 e. The van der Waals surface area contributed by atoms with Crippen molar-refractivity contribution in [3.63, 3.8) is 0 Å². The first-order valence-electron chi connectivity index (χ1n) is 3.81. The predicted molar refractivity (Wildman–Crippen MR) is 43.0 cm³/mol. The van der Waals surface area contributed by atoms with Crippen LogP contribution in [0, 0.1) is 11.8 Å². The first-order chi connectivity index (χ1) is 4.92. The summed E-state index contributed by atoms with van der Waals surface area (Å²) in [5.74, 6) is 0.309. The average molecular weight is 178 g/mol. The first kappa shape index (κ1) is 9.00. The van der Waals surface area contributed by atoms with Crippen molar-refractivity contribution in [1.82, 2.24) is 0 Å². The second kappa shape index (κ2) is 2.75. The molecule has 0 radical (unpaired) electrons. The van der Waals surface area contributed by atoms with Gasteiger partial charge in [0, 0.05) is 5.92 Å². The maximum absolute atomic E-state index is 11.0. The minimum absolute atomic E-state index is 0.0458. The zero-order valence-electron chi connectivity index (χ0n) is 6.82. The van der Waals surface area contributed by atoms with E-state index in [0.717, 1.165) is 0 Å². The number of hydrogen-bond donors (Lipinski definition) is 1. The molecule has 1 rings (SSSR count). The molecule has 2 atom stereocenters. The molecule has 0 aliphatic carbocycles. The van der Waals surface area contributed by atoms with Gasteiger partial charge in [0.25, 0.3) is 0 Å². The Labute approximate surface area is 67.3 Å². The topological polar surface area (TPSA) is 54.4 Å². The predicted octanol–water partition coefficient (Wildman–Crippen LogP) is 0.0479. The van der Waals surface area contributed by atoms with Crippen molar-refractivity contribution in [2.45, 2.75) is 20.0 Å². The van der Waals surface area contributed by atoms with Gasteiger partial charge in [0.05, 0.1) is 17.6 Å². The fraction of sp³-hybridized carbons (Fsp3) is 1.00. The smallest absolute Gasteiger partial charge is 0.153 e. The van der Waals surface area contributed by atoms with Crippen LogP contribution in [0.1, 0.15) is 13.8 Å². The van der Waals surface area contributed by atoms with Crippen LogP contribution in [0.3, 0.4) is 0 Å².